The highest BCUT2D eigenvalue weighted by Crippen LogP contribution is 2.20. The minimum Gasteiger partial charge on any atom is -0.490 e. The molecule has 0 saturated carbocycles. The van der Waals surface area contributed by atoms with Crippen LogP contribution in [0.15, 0.2) is 18.2 Å². The lowest BCUT2D eigenvalue weighted by Crippen LogP contribution is -2.07. The van der Waals surface area contributed by atoms with Gasteiger partial charge in [-0.15, -0.1) is 0 Å². The molecule has 0 aliphatic rings. The van der Waals surface area contributed by atoms with Crippen molar-refractivity contribution in [1.82, 2.24) is 0 Å². The van der Waals surface area contributed by atoms with Crippen LogP contribution in [0.2, 0.25) is 0 Å². The summed E-state index contributed by atoms with van der Waals surface area (Å²) < 4.78 is 23.1. The van der Waals surface area contributed by atoms with Crippen molar-refractivity contribution in [2.45, 2.75) is 13.8 Å². The molecule has 0 aliphatic carbocycles. The molecule has 0 N–H and O–H groups in total. The van der Waals surface area contributed by atoms with Crippen molar-refractivity contribution in [3.8, 4) is 5.75 Å². The number of rotatable bonds is 4. The molecule has 0 unspecified atom stereocenters. The van der Waals surface area contributed by atoms with E-state index < -0.39 is 11.8 Å². The lowest BCUT2D eigenvalue weighted by molar-refractivity contribution is 0.0600. The van der Waals surface area contributed by atoms with Crippen LogP contribution < -0.4 is 4.74 Å². The van der Waals surface area contributed by atoms with Gasteiger partial charge in [-0.2, -0.15) is 0 Å². The first-order valence-corrected chi connectivity index (χ1v) is 5.05. The fourth-order valence-corrected chi connectivity index (χ4v) is 1.12. The van der Waals surface area contributed by atoms with Crippen molar-refractivity contribution in [2.75, 3.05) is 13.7 Å². The Morgan fingerprint density at radius 3 is 2.69 bits per heavy atom. The lowest BCUT2D eigenvalue weighted by atomic mass is 10.2. The monoisotopic (exact) mass is 226 g/mol. The van der Waals surface area contributed by atoms with E-state index >= 15 is 0 Å². The molecule has 0 atom stereocenters. The van der Waals surface area contributed by atoms with Gasteiger partial charge in [0, 0.05) is 0 Å². The van der Waals surface area contributed by atoms with E-state index in [0.29, 0.717) is 12.5 Å². The molecule has 3 nitrogen and oxygen atoms in total. The van der Waals surface area contributed by atoms with Gasteiger partial charge in [0.15, 0.2) is 11.6 Å². The molecular formula is C12H15FO3. The zero-order valence-electron chi connectivity index (χ0n) is 9.62. The van der Waals surface area contributed by atoms with Gasteiger partial charge >= 0.3 is 5.97 Å². The molecule has 0 spiro atoms. The SMILES string of the molecule is COC(=O)c1ccc(F)c(OCC(C)C)c1. The second-order valence-corrected chi connectivity index (χ2v) is 3.84. The number of hydrogen-bond donors (Lipinski definition) is 0. The molecule has 0 amide bonds. The summed E-state index contributed by atoms with van der Waals surface area (Å²) >= 11 is 0. The van der Waals surface area contributed by atoms with Crippen LogP contribution in [-0.2, 0) is 4.74 Å². The summed E-state index contributed by atoms with van der Waals surface area (Å²) in [6.45, 7) is 4.33. The van der Waals surface area contributed by atoms with Crippen LogP contribution in [0.4, 0.5) is 4.39 Å². The minimum absolute atomic E-state index is 0.0802. The van der Waals surface area contributed by atoms with Crippen LogP contribution >= 0.6 is 0 Å². The molecule has 1 aromatic carbocycles. The van der Waals surface area contributed by atoms with Gasteiger partial charge in [0.2, 0.25) is 0 Å². The molecule has 0 saturated heterocycles. The molecule has 16 heavy (non-hydrogen) atoms. The van der Waals surface area contributed by atoms with Gasteiger partial charge in [0.25, 0.3) is 0 Å². The second-order valence-electron chi connectivity index (χ2n) is 3.84. The summed E-state index contributed by atoms with van der Waals surface area (Å²) in [5.74, 6) is -0.611. The third kappa shape index (κ3) is 3.22. The van der Waals surface area contributed by atoms with E-state index in [1.165, 1.54) is 25.3 Å². The second kappa shape index (κ2) is 5.49. The average molecular weight is 226 g/mol. The molecule has 1 aromatic rings. The predicted molar refractivity (Wildman–Crippen MR) is 58.1 cm³/mol. The fourth-order valence-electron chi connectivity index (χ4n) is 1.12. The van der Waals surface area contributed by atoms with E-state index in [4.69, 9.17) is 4.74 Å². The number of carbonyl (C=O) groups excluding carboxylic acids is 1. The first-order valence-electron chi connectivity index (χ1n) is 5.05. The average Bonchev–Trinajstić information content (AvgIpc) is 2.26. The van der Waals surface area contributed by atoms with E-state index in [0.717, 1.165) is 0 Å². The van der Waals surface area contributed by atoms with Gasteiger partial charge in [-0.05, 0) is 24.1 Å². The smallest absolute Gasteiger partial charge is 0.337 e. The largest absolute Gasteiger partial charge is 0.490 e. The topological polar surface area (TPSA) is 35.5 Å². The fraction of sp³-hybridized carbons (Fsp3) is 0.417. The zero-order chi connectivity index (χ0) is 12.1. The number of carbonyl (C=O) groups is 1. The number of halogens is 1. The van der Waals surface area contributed by atoms with Crippen molar-refractivity contribution in [1.29, 1.82) is 0 Å². The Balaban J connectivity index is 2.86. The van der Waals surface area contributed by atoms with Crippen LogP contribution in [0.1, 0.15) is 24.2 Å². The number of methoxy groups -OCH3 is 1. The van der Waals surface area contributed by atoms with Crippen molar-refractivity contribution >= 4 is 5.97 Å². The lowest BCUT2D eigenvalue weighted by Gasteiger charge is -2.10. The predicted octanol–water partition coefficient (Wildman–Crippen LogP) is 2.65. The first-order chi connectivity index (χ1) is 7.54. The minimum atomic E-state index is -0.505. The van der Waals surface area contributed by atoms with Gasteiger partial charge in [-0.1, -0.05) is 13.8 Å². The molecule has 0 fully saturated rings. The quantitative estimate of drug-likeness (QED) is 0.740. The highest BCUT2D eigenvalue weighted by Gasteiger charge is 2.11. The molecule has 0 aromatic heterocycles. The number of hydrogen-bond acceptors (Lipinski definition) is 3. The maximum Gasteiger partial charge on any atom is 0.337 e. The highest BCUT2D eigenvalue weighted by molar-refractivity contribution is 5.89. The summed E-state index contributed by atoms with van der Waals surface area (Å²) in [5, 5.41) is 0. The molecule has 0 heterocycles. The van der Waals surface area contributed by atoms with Crippen molar-refractivity contribution in [3.05, 3.63) is 29.6 Å². The third-order valence-corrected chi connectivity index (χ3v) is 1.92. The number of benzene rings is 1. The summed E-state index contributed by atoms with van der Waals surface area (Å²) in [6.07, 6.45) is 0. The molecule has 1 rings (SSSR count). The summed E-state index contributed by atoms with van der Waals surface area (Å²) in [4.78, 5) is 11.2. The highest BCUT2D eigenvalue weighted by atomic mass is 19.1. The standard InChI is InChI=1S/C12H15FO3/c1-8(2)7-16-11-6-9(12(14)15-3)4-5-10(11)13/h4-6,8H,7H2,1-3H3. The third-order valence-electron chi connectivity index (χ3n) is 1.92. The van der Waals surface area contributed by atoms with Crippen LogP contribution in [-0.4, -0.2) is 19.7 Å². The van der Waals surface area contributed by atoms with E-state index in [1.54, 1.807) is 0 Å². The Bertz CT molecular complexity index is 375. The normalized spacial score (nSPS) is 10.3. The van der Waals surface area contributed by atoms with E-state index in [2.05, 4.69) is 4.74 Å². The Morgan fingerprint density at radius 2 is 2.12 bits per heavy atom. The van der Waals surface area contributed by atoms with Gasteiger partial charge < -0.3 is 9.47 Å². The Hall–Kier alpha value is -1.58. The first kappa shape index (κ1) is 12.5. The molecule has 88 valence electrons. The van der Waals surface area contributed by atoms with Gasteiger partial charge in [0.05, 0.1) is 19.3 Å². The molecule has 0 radical (unpaired) electrons. The maximum absolute atomic E-state index is 13.3. The van der Waals surface area contributed by atoms with E-state index in [9.17, 15) is 9.18 Å². The zero-order valence-corrected chi connectivity index (χ0v) is 9.62. The Kier molecular flexibility index (Phi) is 4.28. The number of esters is 1. The Labute approximate surface area is 94.2 Å². The van der Waals surface area contributed by atoms with Crippen molar-refractivity contribution < 1.29 is 18.7 Å². The molecule has 0 aliphatic heterocycles. The van der Waals surface area contributed by atoms with Gasteiger partial charge in [0.1, 0.15) is 0 Å². The van der Waals surface area contributed by atoms with E-state index in [1.807, 2.05) is 13.8 Å². The molecule has 4 heteroatoms. The van der Waals surface area contributed by atoms with Crippen molar-refractivity contribution in [3.63, 3.8) is 0 Å². The molecular weight excluding hydrogens is 211 g/mol. The summed E-state index contributed by atoms with van der Waals surface area (Å²) in [6, 6.07) is 3.91. The number of ether oxygens (including phenoxy) is 2. The summed E-state index contributed by atoms with van der Waals surface area (Å²) in [5.41, 5.74) is 0.280. The van der Waals surface area contributed by atoms with Crippen molar-refractivity contribution in [2.24, 2.45) is 5.92 Å². The van der Waals surface area contributed by atoms with Gasteiger partial charge in [-0.25, -0.2) is 9.18 Å². The maximum atomic E-state index is 13.3. The van der Waals surface area contributed by atoms with E-state index in [-0.39, 0.29) is 11.3 Å². The Morgan fingerprint density at radius 1 is 1.44 bits per heavy atom. The molecule has 0 bridgehead atoms. The van der Waals surface area contributed by atoms with Crippen LogP contribution in [0.25, 0.3) is 0 Å². The van der Waals surface area contributed by atoms with Crippen LogP contribution in [0.5, 0.6) is 5.75 Å². The van der Waals surface area contributed by atoms with Crippen LogP contribution in [0, 0.1) is 11.7 Å². The van der Waals surface area contributed by atoms with Crippen LogP contribution in [0.3, 0.4) is 0 Å². The van der Waals surface area contributed by atoms with Gasteiger partial charge in [-0.3, -0.25) is 0 Å². The summed E-state index contributed by atoms with van der Waals surface area (Å²) in [7, 11) is 1.28.